The summed E-state index contributed by atoms with van der Waals surface area (Å²) < 4.78 is 79.3. The molecule has 0 radical (unpaired) electrons. The number of hydrazine groups is 1. The number of amides is 1. The van der Waals surface area contributed by atoms with Crippen LogP contribution in [0.25, 0.3) is 11.4 Å². The third kappa shape index (κ3) is 5.87. The van der Waals surface area contributed by atoms with Gasteiger partial charge in [-0.25, -0.2) is 14.6 Å². The van der Waals surface area contributed by atoms with Gasteiger partial charge in [0, 0.05) is 18.0 Å². The number of alkyl halides is 6. The van der Waals surface area contributed by atoms with Crippen molar-refractivity contribution < 1.29 is 31.1 Å². The second kappa shape index (κ2) is 9.02. The van der Waals surface area contributed by atoms with E-state index >= 15 is 0 Å². The van der Waals surface area contributed by atoms with E-state index in [1.165, 1.54) is 18.6 Å². The van der Waals surface area contributed by atoms with Gasteiger partial charge in [-0.1, -0.05) is 0 Å². The number of benzene rings is 1. The van der Waals surface area contributed by atoms with Crippen molar-refractivity contribution >= 4 is 24.4 Å². The predicted molar refractivity (Wildman–Crippen MR) is 102 cm³/mol. The second-order valence-electron chi connectivity index (χ2n) is 6.29. The normalized spacial score (nSPS) is 13.0. The molecule has 170 valence electrons. The number of hydrogen-bond acceptors (Lipinski definition) is 7. The molecule has 2 aromatic heterocycles. The van der Waals surface area contributed by atoms with E-state index in [9.17, 15) is 31.1 Å². The third-order valence-corrected chi connectivity index (χ3v) is 4.34. The first-order valence-corrected chi connectivity index (χ1v) is 9.15. The lowest BCUT2D eigenvalue weighted by molar-refractivity contribution is -0.143. The lowest BCUT2D eigenvalue weighted by Crippen LogP contribution is -2.31. The monoisotopic (exact) mass is 477 g/mol. The molecule has 8 nitrogen and oxygen atoms in total. The standard InChI is InChI=1S/C17H13F6N7OS/c18-16(19,20)10-3-9(4-11(5-10)17(21,22)23)15-26-8-30(29-15)14(32)6-13(31)28-27-12-7-24-1-2-25-12/h1-5,7-8,14,32H,6H2,(H,25,27)(H,28,31)/t14-/m1/s1. The minimum Gasteiger partial charge on any atom is -0.281 e. The first kappa shape index (κ1) is 23.3. The number of hydrogen-bond donors (Lipinski definition) is 3. The molecule has 1 amide bonds. The summed E-state index contributed by atoms with van der Waals surface area (Å²) >= 11 is 4.18. The minimum absolute atomic E-state index is 0.0103. The SMILES string of the molecule is O=C(C[C@@H](S)n1cnc(-c2cc(C(F)(F)F)cc(C(F)(F)F)c2)n1)NNc1cnccn1. The number of nitrogens with one attached hydrogen (secondary N) is 2. The first-order valence-electron chi connectivity index (χ1n) is 8.63. The Labute approximate surface area is 181 Å². The van der Waals surface area contributed by atoms with Gasteiger partial charge in [0.25, 0.3) is 0 Å². The largest absolute Gasteiger partial charge is 0.416 e. The Morgan fingerprint density at radius 3 is 2.25 bits per heavy atom. The van der Waals surface area contributed by atoms with Gasteiger partial charge in [0.15, 0.2) is 11.6 Å². The van der Waals surface area contributed by atoms with Gasteiger partial charge in [-0.3, -0.25) is 20.6 Å². The highest BCUT2D eigenvalue weighted by atomic mass is 32.1. The molecule has 0 saturated carbocycles. The molecular weight excluding hydrogens is 464 g/mol. The number of nitrogens with zero attached hydrogens (tertiary/aromatic N) is 5. The lowest BCUT2D eigenvalue weighted by atomic mass is 10.0. The zero-order valence-corrected chi connectivity index (χ0v) is 16.6. The molecule has 15 heteroatoms. The molecule has 3 rings (SSSR count). The van der Waals surface area contributed by atoms with E-state index < -0.39 is 46.1 Å². The number of carbonyl (C=O) groups is 1. The Hall–Kier alpha value is -3.36. The van der Waals surface area contributed by atoms with Crippen molar-refractivity contribution in [2.75, 3.05) is 5.43 Å². The molecule has 2 heterocycles. The smallest absolute Gasteiger partial charge is 0.281 e. The van der Waals surface area contributed by atoms with Crippen LogP contribution in [-0.4, -0.2) is 30.6 Å². The van der Waals surface area contributed by atoms with Crippen molar-refractivity contribution in [3.05, 3.63) is 54.2 Å². The van der Waals surface area contributed by atoms with E-state index in [1.54, 1.807) is 0 Å². The van der Waals surface area contributed by atoms with E-state index in [0.717, 1.165) is 11.0 Å². The molecule has 1 aromatic carbocycles. The fraction of sp³-hybridized carbons (Fsp3) is 0.235. The Bertz CT molecular complexity index is 1050. The summed E-state index contributed by atoms with van der Waals surface area (Å²) in [6, 6.07) is 1.04. The molecular formula is C17H13F6N7OS. The van der Waals surface area contributed by atoms with Crippen LogP contribution in [0.15, 0.2) is 43.1 Å². The molecule has 2 N–H and O–H groups in total. The van der Waals surface area contributed by atoms with Crippen LogP contribution in [0.4, 0.5) is 32.2 Å². The molecule has 0 bridgehead atoms. The maximum absolute atomic E-state index is 13.0. The van der Waals surface area contributed by atoms with Gasteiger partial charge in [0.1, 0.15) is 11.7 Å². The molecule has 1 atom stereocenters. The molecule has 0 fully saturated rings. The van der Waals surface area contributed by atoms with Crippen LogP contribution in [0, 0.1) is 0 Å². The summed E-state index contributed by atoms with van der Waals surface area (Å²) in [7, 11) is 0. The van der Waals surface area contributed by atoms with E-state index in [1.807, 2.05) is 0 Å². The van der Waals surface area contributed by atoms with Gasteiger partial charge >= 0.3 is 12.4 Å². The maximum Gasteiger partial charge on any atom is 0.416 e. The van der Waals surface area contributed by atoms with Crippen LogP contribution in [0.5, 0.6) is 0 Å². The lowest BCUT2D eigenvalue weighted by Gasteiger charge is -2.13. The zero-order chi connectivity index (χ0) is 23.5. The summed E-state index contributed by atoms with van der Waals surface area (Å²) in [5.74, 6) is -0.672. The number of anilines is 1. The average Bonchev–Trinajstić information content (AvgIpc) is 3.22. The van der Waals surface area contributed by atoms with Crippen molar-refractivity contribution in [3.63, 3.8) is 0 Å². The maximum atomic E-state index is 13.0. The highest BCUT2D eigenvalue weighted by Crippen LogP contribution is 2.38. The summed E-state index contributed by atoms with van der Waals surface area (Å²) in [6.07, 6.45) is -5.03. The van der Waals surface area contributed by atoms with Crippen molar-refractivity contribution in [2.24, 2.45) is 0 Å². The van der Waals surface area contributed by atoms with Crippen LogP contribution < -0.4 is 10.9 Å². The van der Waals surface area contributed by atoms with E-state index in [-0.39, 0.29) is 18.3 Å². The number of rotatable bonds is 6. The Balaban J connectivity index is 1.75. The topological polar surface area (TPSA) is 97.6 Å². The number of aromatic nitrogens is 5. The van der Waals surface area contributed by atoms with Crippen molar-refractivity contribution in [3.8, 4) is 11.4 Å². The molecule has 3 aromatic rings. The third-order valence-electron chi connectivity index (χ3n) is 3.92. The fourth-order valence-electron chi connectivity index (χ4n) is 2.44. The van der Waals surface area contributed by atoms with Crippen molar-refractivity contribution in [1.82, 2.24) is 30.2 Å². The Kier molecular flexibility index (Phi) is 6.57. The number of halogens is 6. The van der Waals surface area contributed by atoms with Crippen molar-refractivity contribution in [2.45, 2.75) is 24.1 Å². The second-order valence-corrected chi connectivity index (χ2v) is 6.89. The highest BCUT2D eigenvalue weighted by Gasteiger charge is 2.37. The van der Waals surface area contributed by atoms with Gasteiger partial charge in [-0.15, -0.1) is 5.10 Å². The van der Waals surface area contributed by atoms with Gasteiger partial charge in [-0.2, -0.15) is 39.0 Å². The van der Waals surface area contributed by atoms with Gasteiger partial charge in [0.2, 0.25) is 5.91 Å². The van der Waals surface area contributed by atoms with Gasteiger partial charge in [0.05, 0.1) is 23.7 Å². The minimum atomic E-state index is -5.00. The summed E-state index contributed by atoms with van der Waals surface area (Å²) in [4.78, 5) is 23.4. The molecule has 0 unspecified atom stereocenters. The van der Waals surface area contributed by atoms with E-state index in [4.69, 9.17) is 0 Å². The predicted octanol–water partition coefficient (Wildman–Crippen LogP) is 3.73. The van der Waals surface area contributed by atoms with E-state index in [0.29, 0.717) is 12.1 Å². The fourth-order valence-corrected chi connectivity index (χ4v) is 2.72. The molecule has 0 saturated heterocycles. The molecule has 32 heavy (non-hydrogen) atoms. The molecule has 0 aliphatic carbocycles. The van der Waals surface area contributed by atoms with Crippen LogP contribution in [0.2, 0.25) is 0 Å². The van der Waals surface area contributed by atoms with Crippen LogP contribution in [-0.2, 0) is 17.1 Å². The quantitative estimate of drug-likeness (QED) is 0.284. The zero-order valence-electron chi connectivity index (χ0n) is 15.7. The molecule has 0 aliphatic heterocycles. The molecule has 0 spiro atoms. The van der Waals surface area contributed by atoms with Gasteiger partial charge in [-0.05, 0) is 18.2 Å². The summed E-state index contributed by atoms with van der Waals surface area (Å²) in [6.45, 7) is 0. The van der Waals surface area contributed by atoms with Gasteiger partial charge < -0.3 is 0 Å². The number of thiol groups is 1. The molecule has 0 aliphatic rings. The number of carbonyl (C=O) groups excluding carboxylic acids is 1. The average molecular weight is 477 g/mol. The van der Waals surface area contributed by atoms with E-state index in [2.05, 4.69) is 43.5 Å². The van der Waals surface area contributed by atoms with Crippen molar-refractivity contribution in [1.29, 1.82) is 0 Å². The van der Waals surface area contributed by atoms with Crippen LogP contribution >= 0.6 is 12.6 Å². The highest BCUT2D eigenvalue weighted by molar-refractivity contribution is 7.80. The summed E-state index contributed by atoms with van der Waals surface area (Å²) in [5.41, 5.74) is 1.38. The van der Waals surface area contributed by atoms with Crippen LogP contribution in [0.1, 0.15) is 22.9 Å². The Morgan fingerprint density at radius 1 is 1.03 bits per heavy atom. The summed E-state index contributed by atoms with van der Waals surface area (Å²) in [5, 5.41) is 2.96. The first-order chi connectivity index (χ1) is 14.9. The van der Waals surface area contributed by atoms with Crippen LogP contribution in [0.3, 0.4) is 0 Å². The Morgan fingerprint density at radius 2 is 1.69 bits per heavy atom.